The molecule has 0 bridgehead atoms. The molecule has 122 valence electrons. The van der Waals surface area contributed by atoms with Crippen molar-refractivity contribution in [1.82, 2.24) is 15.1 Å². The summed E-state index contributed by atoms with van der Waals surface area (Å²) in [5, 5.41) is 3.91. The Labute approximate surface area is 130 Å². The van der Waals surface area contributed by atoms with Gasteiger partial charge in [0.15, 0.2) is 0 Å². The molecular weight excluding hydrogens is 262 g/mol. The summed E-state index contributed by atoms with van der Waals surface area (Å²) in [5.41, 5.74) is 0.409. The highest BCUT2D eigenvalue weighted by atomic mass is 16.5. The summed E-state index contributed by atoms with van der Waals surface area (Å²) in [6.45, 7) is 11.3. The van der Waals surface area contributed by atoms with Crippen molar-refractivity contribution in [1.29, 1.82) is 0 Å². The molecule has 1 N–H and O–H groups in total. The highest BCUT2D eigenvalue weighted by Crippen LogP contribution is 2.34. The number of nitrogens with one attached hydrogen (secondary N) is 1. The SMILES string of the molecule is CC(C)C1CNC2(CCCC2)CN1CC1CN(C)CCO1. The summed E-state index contributed by atoms with van der Waals surface area (Å²) in [6.07, 6.45) is 5.91. The lowest BCUT2D eigenvalue weighted by atomic mass is 9.89. The first-order valence-corrected chi connectivity index (χ1v) is 8.87. The summed E-state index contributed by atoms with van der Waals surface area (Å²) in [4.78, 5) is 5.16. The standard InChI is InChI=1S/C17H33N3O/c1-14(2)16-10-18-17(6-4-5-7-17)13-20(16)12-15-11-19(3)8-9-21-15/h14-16,18H,4-13H2,1-3H3. The van der Waals surface area contributed by atoms with Crippen LogP contribution in [0.15, 0.2) is 0 Å². The van der Waals surface area contributed by atoms with E-state index in [0.717, 1.165) is 32.8 Å². The molecule has 2 unspecified atom stereocenters. The fourth-order valence-corrected chi connectivity index (χ4v) is 4.49. The number of likely N-dealkylation sites (N-methyl/N-ethyl adjacent to an activating group) is 1. The highest BCUT2D eigenvalue weighted by molar-refractivity contribution is 5.02. The minimum atomic E-state index is 0.390. The molecule has 4 nitrogen and oxygen atoms in total. The van der Waals surface area contributed by atoms with Crippen molar-refractivity contribution in [2.45, 2.75) is 57.2 Å². The van der Waals surface area contributed by atoms with Crippen LogP contribution < -0.4 is 5.32 Å². The van der Waals surface area contributed by atoms with Crippen molar-refractivity contribution in [3.63, 3.8) is 0 Å². The van der Waals surface area contributed by atoms with Crippen LogP contribution in [0.2, 0.25) is 0 Å². The van der Waals surface area contributed by atoms with E-state index in [9.17, 15) is 0 Å². The first kappa shape index (κ1) is 15.7. The lowest BCUT2D eigenvalue weighted by Gasteiger charge is -2.49. The van der Waals surface area contributed by atoms with Gasteiger partial charge in [-0.2, -0.15) is 0 Å². The molecule has 0 amide bonds. The van der Waals surface area contributed by atoms with E-state index in [2.05, 4.69) is 36.0 Å². The number of piperazine rings is 1. The van der Waals surface area contributed by atoms with Crippen LogP contribution in [0, 0.1) is 5.92 Å². The zero-order chi connectivity index (χ0) is 14.9. The zero-order valence-corrected chi connectivity index (χ0v) is 14.1. The molecule has 21 heavy (non-hydrogen) atoms. The largest absolute Gasteiger partial charge is 0.374 e. The number of morpholine rings is 1. The highest BCUT2D eigenvalue weighted by Gasteiger charge is 2.42. The Hall–Kier alpha value is -0.160. The monoisotopic (exact) mass is 295 g/mol. The molecule has 2 heterocycles. The van der Waals surface area contributed by atoms with Crippen LogP contribution in [-0.2, 0) is 4.74 Å². The Bertz CT molecular complexity index is 341. The predicted octanol–water partition coefficient (Wildman–Crippen LogP) is 1.56. The van der Waals surface area contributed by atoms with Gasteiger partial charge in [0.1, 0.15) is 0 Å². The van der Waals surface area contributed by atoms with Crippen molar-refractivity contribution < 1.29 is 4.74 Å². The van der Waals surface area contributed by atoms with Crippen molar-refractivity contribution in [3.8, 4) is 0 Å². The van der Waals surface area contributed by atoms with E-state index in [0.29, 0.717) is 23.6 Å². The summed E-state index contributed by atoms with van der Waals surface area (Å²) >= 11 is 0. The van der Waals surface area contributed by atoms with Crippen LogP contribution in [0.5, 0.6) is 0 Å². The third kappa shape index (κ3) is 3.61. The van der Waals surface area contributed by atoms with Gasteiger partial charge in [0.2, 0.25) is 0 Å². The Kier molecular flexibility index (Phi) is 4.89. The molecule has 0 aromatic heterocycles. The molecule has 1 spiro atoms. The van der Waals surface area contributed by atoms with Gasteiger partial charge in [0.25, 0.3) is 0 Å². The van der Waals surface area contributed by atoms with Gasteiger partial charge in [-0.1, -0.05) is 26.7 Å². The van der Waals surface area contributed by atoms with Gasteiger partial charge in [0.05, 0.1) is 12.7 Å². The number of hydrogen-bond donors (Lipinski definition) is 1. The Morgan fingerprint density at radius 2 is 2.05 bits per heavy atom. The minimum Gasteiger partial charge on any atom is -0.374 e. The van der Waals surface area contributed by atoms with Gasteiger partial charge in [-0.15, -0.1) is 0 Å². The van der Waals surface area contributed by atoms with Crippen molar-refractivity contribution >= 4 is 0 Å². The normalized spacial score (nSPS) is 34.9. The number of rotatable bonds is 3. The maximum atomic E-state index is 6.03. The van der Waals surface area contributed by atoms with Gasteiger partial charge < -0.3 is 15.0 Å². The van der Waals surface area contributed by atoms with E-state index in [4.69, 9.17) is 4.74 Å². The second-order valence-electron chi connectivity index (χ2n) is 7.86. The molecule has 3 fully saturated rings. The van der Waals surface area contributed by atoms with Gasteiger partial charge in [0, 0.05) is 44.3 Å². The van der Waals surface area contributed by atoms with Crippen LogP contribution in [-0.4, -0.2) is 73.9 Å². The van der Waals surface area contributed by atoms with E-state index >= 15 is 0 Å². The quantitative estimate of drug-likeness (QED) is 0.855. The molecule has 2 aliphatic heterocycles. The molecule has 0 aromatic carbocycles. The lowest BCUT2D eigenvalue weighted by molar-refractivity contribution is -0.0564. The maximum Gasteiger partial charge on any atom is 0.0829 e. The molecule has 0 radical (unpaired) electrons. The van der Waals surface area contributed by atoms with E-state index in [1.54, 1.807) is 0 Å². The molecule has 3 rings (SSSR count). The second kappa shape index (κ2) is 6.53. The van der Waals surface area contributed by atoms with Gasteiger partial charge in [-0.25, -0.2) is 0 Å². The third-order valence-electron chi connectivity index (χ3n) is 5.77. The maximum absolute atomic E-state index is 6.03. The molecular formula is C17H33N3O. The van der Waals surface area contributed by atoms with Gasteiger partial charge >= 0.3 is 0 Å². The molecule has 2 atom stereocenters. The Morgan fingerprint density at radius 3 is 2.71 bits per heavy atom. The number of nitrogens with zero attached hydrogens (tertiary/aromatic N) is 2. The zero-order valence-electron chi connectivity index (χ0n) is 14.1. The molecule has 0 aromatic rings. The van der Waals surface area contributed by atoms with E-state index in [-0.39, 0.29) is 0 Å². The molecule has 3 aliphatic rings. The van der Waals surface area contributed by atoms with E-state index < -0.39 is 0 Å². The van der Waals surface area contributed by atoms with Crippen molar-refractivity contribution in [2.24, 2.45) is 5.92 Å². The van der Waals surface area contributed by atoms with E-state index in [1.165, 1.54) is 32.2 Å². The van der Waals surface area contributed by atoms with Gasteiger partial charge in [-0.3, -0.25) is 4.90 Å². The molecule has 1 aliphatic carbocycles. The predicted molar refractivity (Wildman–Crippen MR) is 86.6 cm³/mol. The number of ether oxygens (including phenoxy) is 1. The van der Waals surface area contributed by atoms with E-state index in [1.807, 2.05) is 0 Å². The topological polar surface area (TPSA) is 27.7 Å². The van der Waals surface area contributed by atoms with Crippen LogP contribution in [0.3, 0.4) is 0 Å². The fraction of sp³-hybridized carbons (Fsp3) is 1.00. The molecule has 4 heteroatoms. The second-order valence-corrected chi connectivity index (χ2v) is 7.86. The third-order valence-corrected chi connectivity index (χ3v) is 5.77. The minimum absolute atomic E-state index is 0.390. The van der Waals surface area contributed by atoms with Crippen molar-refractivity contribution in [3.05, 3.63) is 0 Å². The molecule has 2 saturated heterocycles. The summed E-state index contributed by atoms with van der Waals surface area (Å²) in [6, 6.07) is 0.659. The number of hydrogen-bond acceptors (Lipinski definition) is 4. The summed E-state index contributed by atoms with van der Waals surface area (Å²) in [5.74, 6) is 0.706. The summed E-state index contributed by atoms with van der Waals surface area (Å²) < 4.78 is 6.03. The fourth-order valence-electron chi connectivity index (χ4n) is 4.49. The summed E-state index contributed by atoms with van der Waals surface area (Å²) in [7, 11) is 2.21. The average molecular weight is 295 g/mol. The smallest absolute Gasteiger partial charge is 0.0829 e. The van der Waals surface area contributed by atoms with Gasteiger partial charge in [-0.05, 0) is 25.8 Å². The Balaban J connectivity index is 1.65. The van der Waals surface area contributed by atoms with Crippen molar-refractivity contribution in [2.75, 3.05) is 46.4 Å². The first-order chi connectivity index (χ1) is 10.1. The Morgan fingerprint density at radius 1 is 1.29 bits per heavy atom. The van der Waals surface area contributed by atoms with Crippen LogP contribution in [0.4, 0.5) is 0 Å². The lowest BCUT2D eigenvalue weighted by Crippen LogP contribution is -2.65. The van der Waals surface area contributed by atoms with Crippen LogP contribution >= 0.6 is 0 Å². The van der Waals surface area contributed by atoms with Crippen LogP contribution in [0.1, 0.15) is 39.5 Å². The average Bonchev–Trinajstić information content (AvgIpc) is 2.86. The van der Waals surface area contributed by atoms with Crippen LogP contribution in [0.25, 0.3) is 0 Å². The first-order valence-electron chi connectivity index (χ1n) is 8.87. The molecule has 1 saturated carbocycles.